The molecule has 1 aliphatic heterocycles. The van der Waals surface area contributed by atoms with Crippen molar-refractivity contribution >= 4 is 34.1 Å². The van der Waals surface area contributed by atoms with Gasteiger partial charge in [-0.25, -0.2) is 0 Å². The van der Waals surface area contributed by atoms with E-state index in [1.165, 1.54) is 23.1 Å². The van der Waals surface area contributed by atoms with Crippen molar-refractivity contribution in [3.63, 3.8) is 0 Å². The lowest BCUT2D eigenvalue weighted by Crippen LogP contribution is -2.48. The van der Waals surface area contributed by atoms with Crippen LogP contribution >= 0.6 is 23.1 Å². The molecule has 0 aromatic carbocycles. The topological polar surface area (TPSA) is 61.4 Å². The summed E-state index contributed by atoms with van der Waals surface area (Å²) in [6.07, 6.45) is 0. The van der Waals surface area contributed by atoms with E-state index in [2.05, 4.69) is 15.5 Å². The van der Waals surface area contributed by atoms with Crippen molar-refractivity contribution in [3.05, 3.63) is 0 Å². The van der Waals surface area contributed by atoms with Crippen LogP contribution in [-0.2, 0) is 4.79 Å². The molecule has 1 aromatic heterocycles. The van der Waals surface area contributed by atoms with Crippen molar-refractivity contribution in [3.8, 4) is 0 Å². The first-order valence-electron chi connectivity index (χ1n) is 6.25. The van der Waals surface area contributed by atoms with Crippen molar-refractivity contribution in [2.45, 2.75) is 16.5 Å². The number of nitrogens with zero attached hydrogens (tertiary/aromatic N) is 4. The summed E-state index contributed by atoms with van der Waals surface area (Å²) in [4.78, 5) is 16.1. The average molecular weight is 301 g/mol. The summed E-state index contributed by atoms with van der Waals surface area (Å²) in [7, 11) is 3.87. The molecule has 1 aliphatic rings. The first kappa shape index (κ1) is 14.5. The number of hydrogen-bond donors (Lipinski definition) is 1. The zero-order valence-electron chi connectivity index (χ0n) is 11.4. The third kappa shape index (κ3) is 3.80. The van der Waals surface area contributed by atoms with E-state index in [4.69, 9.17) is 0 Å². The van der Waals surface area contributed by atoms with Gasteiger partial charge < -0.3 is 15.1 Å². The average Bonchev–Trinajstić information content (AvgIpc) is 2.87. The Morgan fingerprint density at radius 2 is 2.11 bits per heavy atom. The quantitative estimate of drug-likeness (QED) is 0.818. The maximum absolute atomic E-state index is 12.3. The van der Waals surface area contributed by atoms with Crippen LogP contribution in [0.3, 0.4) is 0 Å². The van der Waals surface area contributed by atoms with Gasteiger partial charge in [0.2, 0.25) is 11.0 Å². The van der Waals surface area contributed by atoms with Crippen molar-refractivity contribution in [1.29, 1.82) is 0 Å². The summed E-state index contributed by atoms with van der Waals surface area (Å²) < 4.78 is 0.847. The van der Waals surface area contributed by atoms with Gasteiger partial charge in [0, 0.05) is 40.3 Å². The van der Waals surface area contributed by atoms with Crippen LogP contribution in [0.4, 0.5) is 5.13 Å². The molecule has 0 bridgehead atoms. The van der Waals surface area contributed by atoms with Crippen molar-refractivity contribution in [2.24, 2.45) is 0 Å². The predicted molar refractivity (Wildman–Crippen MR) is 79.0 cm³/mol. The molecule has 2 heterocycles. The molecule has 1 aromatic rings. The molecule has 1 fully saturated rings. The number of aromatic nitrogens is 2. The number of hydrogen-bond acceptors (Lipinski definition) is 7. The van der Waals surface area contributed by atoms with Gasteiger partial charge in [-0.05, 0) is 6.92 Å². The van der Waals surface area contributed by atoms with Gasteiger partial charge in [-0.3, -0.25) is 4.79 Å². The second kappa shape index (κ2) is 6.53. The third-order valence-electron chi connectivity index (χ3n) is 2.83. The van der Waals surface area contributed by atoms with E-state index in [1.54, 1.807) is 0 Å². The van der Waals surface area contributed by atoms with Crippen LogP contribution in [0.2, 0.25) is 0 Å². The minimum absolute atomic E-state index is 0.110. The fourth-order valence-corrected chi connectivity index (χ4v) is 3.77. The first-order valence-corrected chi connectivity index (χ1v) is 7.94. The standard InChI is InChI=1S/C11H19N5OS2/c1-8(9(17)16-6-4-12-5-7-16)18-11-14-13-10(19-11)15(2)3/h8,12H,4-7H2,1-3H3. The zero-order valence-corrected chi connectivity index (χ0v) is 13.1. The van der Waals surface area contributed by atoms with Crippen LogP contribution < -0.4 is 10.2 Å². The Kier molecular flexibility index (Phi) is 5.00. The Labute approximate surface area is 121 Å². The summed E-state index contributed by atoms with van der Waals surface area (Å²) in [6, 6.07) is 0. The molecule has 1 saturated heterocycles. The van der Waals surface area contributed by atoms with Crippen LogP contribution in [-0.4, -0.2) is 66.5 Å². The second-order valence-electron chi connectivity index (χ2n) is 4.58. The van der Waals surface area contributed by atoms with Gasteiger partial charge in [0.25, 0.3) is 0 Å². The lowest BCUT2D eigenvalue weighted by molar-refractivity contribution is -0.130. The summed E-state index contributed by atoms with van der Waals surface area (Å²) in [5.74, 6) is 0.188. The number of carbonyl (C=O) groups is 1. The number of carbonyl (C=O) groups excluding carboxylic acids is 1. The molecule has 1 amide bonds. The maximum Gasteiger partial charge on any atom is 0.235 e. The van der Waals surface area contributed by atoms with E-state index in [-0.39, 0.29) is 11.2 Å². The lowest BCUT2D eigenvalue weighted by Gasteiger charge is -2.29. The number of amides is 1. The molecule has 0 saturated carbocycles. The lowest BCUT2D eigenvalue weighted by atomic mass is 10.3. The maximum atomic E-state index is 12.3. The molecule has 0 spiro atoms. The Balaban J connectivity index is 1.91. The highest BCUT2D eigenvalue weighted by Gasteiger charge is 2.24. The van der Waals surface area contributed by atoms with E-state index in [1.807, 2.05) is 30.8 Å². The molecule has 8 heteroatoms. The van der Waals surface area contributed by atoms with E-state index >= 15 is 0 Å². The van der Waals surface area contributed by atoms with Crippen molar-refractivity contribution in [1.82, 2.24) is 20.4 Å². The molecule has 106 valence electrons. The van der Waals surface area contributed by atoms with E-state index in [9.17, 15) is 4.79 Å². The highest BCUT2D eigenvalue weighted by atomic mass is 32.2. The predicted octanol–water partition coefficient (Wildman–Crippen LogP) is 0.516. The van der Waals surface area contributed by atoms with Crippen LogP contribution in [0.5, 0.6) is 0 Å². The van der Waals surface area contributed by atoms with E-state index in [0.29, 0.717) is 0 Å². The van der Waals surface area contributed by atoms with Gasteiger partial charge >= 0.3 is 0 Å². The molecule has 19 heavy (non-hydrogen) atoms. The van der Waals surface area contributed by atoms with E-state index < -0.39 is 0 Å². The highest BCUT2D eigenvalue weighted by molar-refractivity contribution is 8.02. The largest absolute Gasteiger partial charge is 0.353 e. The fraction of sp³-hybridized carbons (Fsp3) is 0.727. The Morgan fingerprint density at radius 1 is 1.42 bits per heavy atom. The molecule has 6 nitrogen and oxygen atoms in total. The monoisotopic (exact) mass is 301 g/mol. The molecule has 1 atom stereocenters. The Hall–Kier alpha value is -0.860. The molecular weight excluding hydrogens is 282 g/mol. The van der Waals surface area contributed by atoms with Crippen LogP contribution in [0.25, 0.3) is 0 Å². The van der Waals surface area contributed by atoms with Gasteiger partial charge in [0.15, 0.2) is 4.34 Å². The smallest absolute Gasteiger partial charge is 0.235 e. The Bertz CT molecular complexity index is 430. The molecule has 2 rings (SSSR count). The second-order valence-corrected chi connectivity index (χ2v) is 7.12. The van der Waals surface area contributed by atoms with Crippen LogP contribution in [0, 0.1) is 0 Å². The fourth-order valence-electron chi connectivity index (χ4n) is 1.77. The number of thioether (sulfide) groups is 1. The molecule has 1 N–H and O–H groups in total. The van der Waals surface area contributed by atoms with Gasteiger partial charge in [0.1, 0.15) is 0 Å². The number of piperazine rings is 1. The van der Waals surface area contributed by atoms with Crippen LogP contribution in [0.15, 0.2) is 4.34 Å². The summed E-state index contributed by atoms with van der Waals surface area (Å²) >= 11 is 3.01. The number of nitrogens with one attached hydrogen (secondary N) is 1. The van der Waals surface area contributed by atoms with Crippen LogP contribution in [0.1, 0.15) is 6.92 Å². The molecule has 0 aliphatic carbocycles. The molecule has 1 unspecified atom stereocenters. The van der Waals surface area contributed by atoms with Gasteiger partial charge in [-0.1, -0.05) is 23.1 Å². The number of anilines is 1. The Morgan fingerprint density at radius 3 is 2.68 bits per heavy atom. The highest BCUT2D eigenvalue weighted by Crippen LogP contribution is 2.30. The van der Waals surface area contributed by atoms with Crippen molar-refractivity contribution in [2.75, 3.05) is 45.2 Å². The SMILES string of the molecule is CC(Sc1nnc(N(C)C)s1)C(=O)N1CCNCC1. The van der Waals surface area contributed by atoms with Gasteiger partial charge in [-0.2, -0.15) is 0 Å². The first-order chi connectivity index (χ1) is 9.08. The normalized spacial score (nSPS) is 17.3. The minimum atomic E-state index is -0.110. The van der Waals surface area contributed by atoms with Gasteiger partial charge in [0.05, 0.1) is 5.25 Å². The number of rotatable bonds is 4. The third-order valence-corrected chi connectivity index (χ3v) is 5.10. The van der Waals surface area contributed by atoms with Gasteiger partial charge in [-0.15, -0.1) is 10.2 Å². The molecule has 0 radical (unpaired) electrons. The summed E-state index contributed by atoms with van der Waals surface area (Å²) in [5.41, 5.74) is 0. The molecular formula is C11H19N5OS2. The summed E-state index contributed by atoms with van der Waals surface area (Å²) in [6.45, 7) is 5.29. The summed E-state index contributed by atoms with van der Waals surface area (Å²) in [5, 5.41) is 12.2. The minimum Gasteiger partial charge on any atom is -0.353 e. The van der Waals surface area contributed by atoms with E-state index in [0.717, 1.165) is 35.7 Å². The zero-order chi connectivity index (χ0) is 13.8. The van der Waals surface area contributed by atoms with Crippen molar-refractivity contribution < 1.29 is 4.79 Å².